The van der Waals surface area contributed by atoms with E-state index in [9.17, 15) is 4.79 Å². The van der Waals surface area contributed by atoms with Gasteiger partial charge in [-0.05, 0) is 24.8 Å². The Morgan fingerprint density at radius 3 is 2.50 bits per heavy atom. The Kier molecular flexibility index (Phi) is 1.72. The molecule has 0 bridgehead atoms. The van der Waals surface area contributed by atoms with Crippen molar-refractivity contribution in [3.05, 3.63) is 35.4 Å². The van der Waals surface area contributed by atoms with Gasteiger partial charge in [-0.15, -0.1) is 0 Å². The second-order valence-electron chi connectivity index (χ2n) is 3.55. The molecule has 1 saturated carbocycles. The standard InChI is InChI=1S/C11H12O/c1-8-2-4-9(5-3-8)11-6-10(11)7-12/h2-5,7,10-11H,6H2,1H3. The lowest BCUT2D eigenvalue weighted by Crippen LogP contribution is -1.84. The topological polar surface area (TPSA) is 17.1 Å². The number of aldehydes is 1. The fourth-order valence-electron chi connectivity index (χ4n) is 1.56. The molecular weight excluding hydrogens is 148 g/mol. The highest BCUT2D eigenvalue weighted by Gasteiger charge is 2.37. The molecule has 0 radical (unpaired) electrons. The van der Waals surface area contributed by atoms with Crippen molar-refractivity contribution in [1.82, 2.24) is 0 Å². The minimum absolute atomic E-state index is 0.299. The molecule has 0 aliphatic heterocycles. The van der Waals surface area contributed by atoms with Crippen LogP contribution in [0.3, 0.4) is 0 Å². The third kappa shape index (κ3) is 1.27. The Hall–Kier alpha value is -1.11. The quantitative estimate of drug-likeness (QED) is 0.607. The molecule has 1 aromatic carbocycles. The van der Waals surface area contributed by atoms with Crippen molar-refractivity contribution in [3.63, 3.8) is 0 Å². The zero-order chi connectivity index (χ0) is 8.55. The van der Waals surface area contributed by atoms with Gasteiger partial charge < -0.3 is 4.79 Å². The van der Waals surface area contributed by atoms with Crippen LogP contribution in [0.15, 0.2) is 24.3 Å². The molecule has 0 spiro atoms. The van der Waals surface area contributed by atoms with Gasteiger partial charge in [0.1, 0.15) is 6.29 Å². The van der Waals surface area contributed by atoms with E-state index in [1.54, 1.807) is 0 Å². The molecule has 0 aromatic heterocycles. The van der Waals surface area contributed by atoms with E-state index in [1.165, 1.54) is 11.1 Å². The molecule has 0 amide bonds. The van der Waals surface area contributed by atoms with Crippen molar-refractivity contribution in [3.8, 4) is 0 Å². The normalized spacial score (nSPS) is 26.8. The third-order valence-corrected chi connectivity index (χ3v) is 2.52. The summed E-state index contributed by atoms with van der Waals surface area (Å²) in [6.07, 6.45) is 2.12. The molecule has 2 unspecified atom stereocenters. The van der Waals surface area contributed by atoms with Crippen LogP contribution in [-0.4, -0.2) is 6.29 Å². The van der Waals surface area contributed by atoms with Crippen molar-refractivity contribution < 1.29 is 4.79 Å². The van der Waals surface area contributed by atoms with Gasteiger partial charge in [-0.3, -0.25) is 0 Å². The number of hydrogen-bond acceptors (Lipinski definition) is 1. The second-order valence-corrected chi connectivity index (χ2v) is 3.55. The van der Waals surface area contributed by atoms with Gasteiger partial charge >= 0.3 is 0 Å². The highest BCUT2D eigenvalue weighted by atomic mass is 16.1. The van der Waals surface area contributed by atoms with Crippen LogP contribution in [0, 0.1) is 12.8 Å². The monoisotopic (exact) mass is 160 g/mol. The smallest absolute Gasteiger partial charge is 0.123 e. The van der Waals surface area contributed by atoms with E-state index in [-0.39, 0.29) is 0 Å². The second kappa shape index (κ2) is 2.74. The Morgan fingerprint density at radius 2 is 2.00 bits per heavy atom. The summed E-state index contributed by atoms with van der Waals surface area (Å²) in [5.74, 6) is 0.816. The molecule has 0 heterocycles. The zero-order valence-electron chi connectivity index (χ0n) is 7.16. The van der Waals surface area contributed by atoms with Crippen molar-refractivity contribution in [2.45, 2.75) is 19.3 Å². The number of carbonyl (C=O) groups is 1. The van der Waals surface area contributed by atoms with E-state index < -0.39 is 0 Å². The predicted molar refractivity (Wildman–Crippen MR) is 48.1 cm³/mol. The van der Waals surface area contributed by atoms with Gasteiger partial charge in [0.25, 0.3) is 0 Å². The maximum absolute atomic E-state index is 10.4. The van der Waals surface area contributed by atoms with Gasteiger partial charge in [0.15, 0.2) is 0 Å². The fourth-order valence-corrected chi connectivity index (χ4v) is 1.56. The summed E-state index contributed by atoms with van der Waals surface area (Å²) >= 11 is 0. The van der Waals surface area contributed by atoms with Crippen LogP contribution in [0.2, 0.25) is 0 Å². The SMILES string of the molecule is Cc1ccc(C2CC2C=O)cc1. The molecular formula is C11H12O. The van der Waals surface area contributed by atoms with Crippen LogP contribution < -0.4 is 0 Å². The average Bonchev–Trinajstić information content (AvgIpc) is 2.85. The number of carbonyl (C=O) groups excluding carboxylic acids is 1. The molecule has 0 N–H and O–H groups in total. The Bertz CT molecular complexity index is 286. The van der Waals surface area contributed by atoms with Gasteiger partial charge in [0.05, 0.1) is 0 Å². The molecule has 62 valence electrons. The summed E-state index contributed by atoms with van der Waals surface area (Å²) in [6.45, 7) is 2.08. The minimum Gasteiger partial charge on any atom is -0.303 e. The van der Waals surface area contributed by atoms with Crippen LogP contribution in [0.5, 0.6) is 0 Å². The number of rotatable bonds is 2. The van der Waals surface area contributed by atoms with E-state index in [0.29, 0.717) is 11.8 Å². The van der Waals surface area contributed by atoms with Gasteiger partial charge in [0.2, 0.25) is 0 Å². The van der Waals surface area contributed by atoms with E-state index in [4.69, 9.17) is 0 Å². The maximum Gasteiger partial charge on any atom is 0.123 e. The summed E-state index contributed by atoms with van der Waals surface area (Å²) < 4.78 is 0. The van der Waals surface area contributed by atoms with Gasteiger partial charge in [0, 0.05) is 5.92 Å². The molecule has 1 aromatic rings. The first-order valence-corrected chi connectivity index (χ1v) is 4.33. The molecule has 1 heteroatoms. The Morgan fingerprint density at radius 1 is 1.33 bits per heavy atom. The minimum atomic E-state index is 0.299. The largest absolute Gasteiger partial charge is 0.303 e. The summed E-state index contributed by atoms with van der Waals surface area (Å²) in [7, 11) is 0. The lowest BCUT2D eigenvalue weighted by molar-refractivity contribution is -0.108. The van der Waals surface area contributed by atoms with E-state index >= 15 is 0 Å². The molecule has 0 saturated heterocycles. The van der Waals surface area contributed by atoms with Crippen molar-refractivity contribution in [2.24, 2.45) is 5.92 Å². The lowest BCUT2D eigenvalue weighted by Gasteiger charge is -1.97. The molecule has 1 nitrogen and oxygen atoms in total. The molecule has 1 aliphatic carbocycles. The Labute approximate surface area is 72.4 Å². The van der Waals surface area contributed by atoms with E-state index in [1.807, 2.05) is 0 Å². The first-order valence-electron chi connectivity index (χ1n) is 4.33. The maximum atomic E-state index is 10.4. The van der Waals surface area contributed by atoms with Gasteiger partial charge in [-0.1, -0.05) is 29.8 Å². The first-order chi connectivity index (χ1) is 5.81. The third-order valence-electron chi connectivity index (χ3n) is 2.52. The van der Waals surface area contributed by atoms with Crippen LogP contribution in [0.4, 0.5) is 0 Å². The van der Waals surface area contributed by atoms with E-state index in [0.717, 1.165) is 12.7 Å². The van der Waals surface area contributed by atoms with Crippen LogP contribution in [0.1, 0.15) is 23.5 Å². The van der Waals surface area contributed by atoms with Gasteiger partial charge in [-0.2, -0.15) is 0 Å². The van der Waals surface area contributed by atoms with Crippen LogP contribution >= 0.6 is 0 Å². The molecule has 2 atom stereocenters. The lowest BCUT2D eigenvalue weighted by atomic mass is 10.1. The van der Waals surface area contributed by atoms with Crippen molar-refractivity contribution >= 4 is 6.29 Å². The number of aryl methyl sites for hydroxylation is 1. The predicted octanol–water partition coefficient (Wildman–Crippen LogP) is 2.30. The number of benzene rings is 1. The zero-order valence-corrected chi connectivity index (χ0v) is 7.16. The highest BCUT2D eigenvalue weighted by Crippen LogP contribution is 2.45. The summed E-state index contributed by atoms with van der Waals surface area (Å²) in [5.41, 5.74) is 2.60. The van der Waals surface area contributed by atoms with E-state index in [2.05, 4.69) is 31.2 Å². The highest BCUT2D eigenvalue weighted by molar-refractivity contribution is 5.61. The molecule has 2 rings (SSSR count). The molecule has 1 aliphatic rings. The fraction of sp³-hybridized carbons (Fsp3) is 0.364. The molecule has 1 fully saturated rings. The van der Waals surface area contributed by atoms with Crippen LogP contribution in [-0.2, 0) is 4.79 Å². The van der Waals surface area contributed by atoms with Crippen molar-refractivity contribution in [2.75, 3.05) is 0 Å². The van der Waals surface area contributed by atoms with Gasteiger partial charge in [-0.25, -0.2) is 0 Å². The van der Waals surface area contributed by atoms with Crippen LogP contribution in [0.25, 0.3) is 0 Å². The van der Waals surface area contributed by atoms with Crippen molar-refractivity contribution in [1.29, 1.82) is 0 Å². The number of hydrogen-bond donors (Lipinski definition) is 0. The molecule has 12 heavy (non-hydrogen) atoms. The summed E-state index contributed by atoms with van der Waals surface area (Å²) in [6, 6.07) is 8.47. The average molecular weight is 160 g/mol. The summed E-state index contributed by atoms with van der Waals surface area (Å²) in [5, 5.41) is 0. The summed E-state index contributed by atoms with van der Waals surface area (Å²) in [4.78, 5) is 10.4. The first kappa shape index (κ1) is 7.53. The Balaban J connectivity index is 2.15.